The van der Waals surface area contributed by atoms with Gasteiger partial charge in [-0.15, -0.1) is 0 Å². The van der Waals surface area contributed by atoms with E-state index in [4.69, 9.17) is 9.63 Å². The third-order valence-corrected chi connectivity index (χ3v) is 4.66. The van der Waals surface area contributed by atoms with E-state index in [1.807, 2.05) is 0 Å². The van der Waals surface area contributed by atoms with Crippen molar-refractivity contribution in [2.45, 2.75) is 46.1 Å². The molecule has 19 heavy (non-hydrogen) atoms. The molecular formula is C14H22N2O3. The Balaban J connectivity index is 1.96. The van der Waals surface area contributed by atoms with Crippen molar-refractivity contribution < 1.29 is 14.4 Å². The fraction of sp³-hybridized carbons (Fsp3) is 0.714. The number of aromatic carboxylic acids is 1. The van der Waals surface area contributed by atoms with Crippen LogP contribution in [0, 0.1) is 5.41 Å². The van der Waals surface area contributed by atoms with Crippen molar-refractivity contribution in [1.82, 2.24) is 10.1 Å². The highest BCUT2D eigenvalue weighted by atomic mass is 16.5. The fourth-order valence-corrected chi connectivity index (χ4v) is 2.90. The predicted octanol–water partition coefficient (Wildman–Crippen LogP) is 2.78. The quantitative estimate of drug-likeness (QED) is 0.887. The lowest BCUT2D eigenvalue weighted by molar-refractivity contribution is 0.0681. The maximum Gasteiger partial charge on any atom is 0.341 e. The van der Waals surface area contributed by atoms with Crippen molar-refractivity contribution >= 4 is 5.97 Å². The molecule has 0 spiro atoms. The second kappa shape index (κ2) is 5.74. The first-order valence-electron chi connectivity index (χ1n) is 6.99. The molecule has 106 valence electrons. The first kappa shape index (κ1) is 14.1. The van der Waals surface area contributed by atoms with Gasteiger partial charge in [0.1, 0.15) is 5.56 Å². The van der Waals surface area contributed by atoms with Gasteiger partial charge in [0, 0.05) is 0 Å². The zero-order valence-electron chi connectivity index (χ0n) is 11.7. The lowest BCUT2D eigenvalue weighted by Gasteiger charge is -2.40. The second-order valence-electron chi connectivity index (χ2n) is 5.45. The monoisotopic (exact) mass is 266 g/mol. The van der Waals surface area contributed by atoms with E-state index >= 15 is 0 Å². The number of aromatic nitrogens is 1. The third-order valence-electron chi connectivity index (χ3n) is 4.66. The largest absolute Gasteiger partial charge is 0.478 e. The molecule has 1 saturated heterocycles. The van der Waals surface area contributed by atoms with E-state index in [1.54, 1.807) is 0 Å². The Morgan fingerprint density at radius 2 is 2.05 bits per heavy atom. The van der Waals surface area contributed by atoms with Crippen molar-refractivity contribution in [3.05, 3.63) is 17.5 Å². The normalized spacial score (nSPS) is 19.5. The Bertz CT molecular complexity index is 428. The van der Waals surface area contributed by atoms with Gasteiger partial charge in [-0.2, -0.15) is 0 Å². The van der Waals surface area contributed by atoms with Gasteiger partial charge in [-0.3, -0.25) is 4.90 Å². The van der Waals surface area contributed by atoms with E-state index in [0.717, 1.165) is 13.1 Å². The van der Waals surface area contributed by atoms with Gasteiger partial charge >= 0.3 is 5.97 Å². The van der Waals surface area contributed by atoms with E-state index in [-0.39, 0.29) is 5.56 Å². The van der Waals surface area contributed by atoms with Gasteiger partial charge in [-0.05, 0) is 31.3 Å². The zero-order chi connectivity index (χ0) is 13.9. The number of likely N-dealkylation sites (tertiary alicyclic amines) is 1. The molecule has 2 heterocycles. The maximum atomic E-state index is 11.0. The Hall–Kier alpha value is -1.36. The SMILES string of the molecule is CCC1(CC)CCN(Cc2oncc2C(=O)O)CC1. The van der Waals surface area contributed by atoms with E-state index < -0.39 is 5.97 Å². The van der Waals surface area contributed by atoms with Gasteiger partial charge in [-0.1, -0.05) is 31.8 Å². The topological polar surface area (TPSA) is 66.6 Å². The minimum atomic E-state index is -0.968. The summed E-state index contributed by atoms with van der Waals surface area (Å²) in [6, 6.07) is 0. The van der Waals surface area contributed by atoms with Crippen molar-refractivity contribution in [1.29, 1.82) is 0 Å². The summed E-state index contributed by atoms with van der Waals surface area (Å²) in [5, 5.41) is 12.6. The highest BCUT2D eigenvalue weighted by Crippen LogP contribution is 2.38. The number of carboxylic acid groups (broad SMARTS) is 1. The molecule has 1 aromatic heterocycles. The molecule has 0 aliphatic carbocycles. The molecule has 1 aliphatic heterocycles. The first-order valence-corrected chi connectivity index (χ1v) is 6.99. The van der Waals surface area contributed by atoms with E-state index in [0.29, 0.717) is 17.7 Å². The number of hydrogen-bond acceptors (Lipinski definition) is 4. The molecule has 0 aromatic carbocycles. The first-order chi connectivity index (χ1) is 9.10. The Labute approximate surface area is 113 Å². The summed E-state index contributed by atoms with van der Waals surface area (Å²) in [6.45, 7) is 7.07. The second-order valence-corrected chi connectivity index (χ2v) is 5.45. The van der Waals surface area contributed by atoms with E-state index in [1.165, 1.54) is 31.9 Å². The Morgan fingerprint density at radius 3 is 2.58 bits per heavy atom. The maximum absolute atomic E-state index is 11.0. The molecule has 0 bridgehead atoms. The van der Waals surface area contributed by atoms with Crippen molar-refractivity contribution in [3.8, 4) is 0 Å². The number of carbonyl (C=O) groups is 1. The van der Waals surface area contributed by atoms with Gasteiger partial charge < -0.3 is 9.63 Å². The Morgan fingerprint density at radius 1 is 1.42 bits per heavy atom. The summed E-state index contributed by atoms with van der Waals surface area (Å²) < 4.78 is 5.06. The van der Waals surface area contributed by atoms with Gasteiger partial charge in [0.2, 0.25) is 0 Å². The number of nitrogens with zero attached hydrogens (tertiary/aromatic N) is 2. The van der Waals surface area contributed by atoms with E-state index in [9.17, 15) is 4.79 Å². The molecule has 0 saturated carbocycles. The molecule has 2 rings (SSSR count). The van der Waals surface area contributed by atoms with Gasteiger partial charge in [0.25, 0.3) is 0 Å². The smallest absolute Gasteiger partial charge is 0.341 e. The summed E-state index contributed by atoms with van der Waals surface area (Å²) in [5.74, 6) is -0.502. The summed E-state index contributed by atoms with van der Waals surface area (Å²) in [5.41, 5.74) is 0.663. The number of rotatable bonds is 5. The van der Waals surface area contributed by atoms with Crippen LogP contribution in [0.1, 0.15) is 55.6 Å². The van der Waals surface area contributed by atoms with Crippen LogP contribution in [-0.4, -0.2) is 34.2 Å². The van der Waals surface area contributed by atoms with Gasteiger partial charge in [-0.25, -0.2) is 4.79 Å². The number of carboxylic acids is 1. The molecule has 1 fully saturated rings. The fourth-order valence-electron chi connectivity index (χ4n) is 2.90. The lowest BCUT2D eigenvalue weighted by Crippen LogP contribution is -2.39. The molecule has 5 heteroatoms. The molecule has 0 unspecified atom stereocenters. The average molecular weight is 266 g/mol. The Kier molecular flexibility index (Phi) is 4.24. The van der Waals surface area contributed by atoms with Crippen LogP contribution < -0.4 is 0 Å². The minimum absolute atomic E-state index is 0.183. The standard InChI is InChI=1S/C14H22N2O3/c1-3-14(4-2)5-7-16(8-6-14)10-12-11(13(17)18)9-15-19-12/h9H,3-8,10H2,1-2H3,(H,17,18). The van der Waals surface area contributed by atoms with Crippen LogP contribution in [0.25, 0.3) is 0 Å². The summed E-state index contributed by atoms with van der Waals surface area (Å²) in [6.07, 6.45) is 6.08. The van der Waals surface area contributed by atoms with Crippen LogP contribution >= 0.6 is 0 Å². The zero-order valence-corrected chi connectivity index (χ0v) is 11.7. The molecular weight excluding hydrogens is 244 g/mol. The summed E-state index contributed by atoms with van der Waals surface area (Å²) >= 11 is 0. The molecule has 1 aromatic rings. The molecule has 0 atom stereocenters. The molecule has 1 N–H and O–H groups in total. The molecule has 1 aliphatic rings. The van der Waals surface area contributed by atoms with Crippen LogP contribution in [0.2, 0.25) is 0 Å². The highest BCUT2D eigenvalue weighted by molar-refractivity contribution is 5.88. The predicted molar refractivity (Wildman–Crippen MR) is 71.0 cm³/mol. The summed E-state index contributed by atoms with van der Waals surface area (Å²) in [4.78, 5) is 13.3. The number of piperidine rings is 1. The lowest BCUT2D eigenvalue weighted by atomic mass is 9.74. The van der Waals surface area contributed by atoms with Crippen LogP contribution in [0.3, 0.4) is 0 Å². The summed E-state index contributed by atoms with van der Waals surface area (Å²) in [7, 11) is 0. The highest BCUT2D eigenvalue weighted by Gasteiger charge is 2.32. The molecule has 0 radical (unpaired) electrons. The molecule has 5 nitrogen and oxygen atoms in total. The molecule has 0 amide bonds. The van der Waals surface area contributed by atoms with Crippen molar-refractivity contribution in [2.75, 3.05) is 13.1 Å². The third kappa shape index (κ3) is 2.97. The van der Waals surface area contributed by atoms with Crippen LogP contribution in [0.4, 0.5) is 0 Å². The van der Waals surface area contributed by atoms with Crippen LogP contribution in [0.5, 0.6) is 0 Å². The van der Waals surface area contributed by atoms with E-state index in [2.05, 4.69) is 23.9 Å². The van der Waals surface area contributed by atoms with Gasteiger partial charge in [0.05, 0.1) is 12.7 Å². The van der Waals surface area contributed by atoms with Crippen LogP contribution in [-0.2, 0) is 6.54 Å². The minimum Gasteiger partial charge on any atom is -0.478 e. The average Bonchev–Trinajstić information content (AvgIpc) is 2.88. The van der Waals surface area contributed by atoms with Crippen molar-refractivity contribution in [3.63, 3.8) is 0 Å². The van der Waals surface area contributed by atoms with Crippen molar-refractivity contribution in [2.24, 2.45) is 5.41 Å². The van der Waals surface area contributed by atoms with Gasteiger partial charge in [0.15, 0.2) is 5.76 Å². The number of hydrogen-bond donors (Lipinski definition) is 1. The van der Waals surface area contributed by atoms with Crippen LogP contribution in [0.15, 0.2) is 10.7 Å².